The molecule has 42 heavy (non-hydrogen) atoms. The van der Waals surface area contributed by atoms with Crippen LogP contribution in [-0.4, -0.2) is 50.2 Å². The first-order valence-electron chi connectivity index (χ1n) is 15.8. The minimum absolute atomic E-state index is 0.00818. The molecule has 1 heterocycles. The highest BCUT2D eigenvalue weighted by atomic mass is 16.5. The lowest BCUT2D eigenvalue weighted by atomic mass is 9.81. The van der Waals surface area contributed by atoms with E-state index in [0.29, 0.717) is 6.54 Å². The van der Waals surface area contributed by atoms with Gasteiger partial charge in [0.15, 0.2) is 0 Å². The molecule has 0 atom stereocenters. The predicted octanol–water partition coefficient (Wildman–Crippen LogP) is 7.69. The number of carbonyl (C=O) groups excluding carboxylic acids is 1. The van der Waals surface area contributed by atoms with E-state index in [-0.39, 0.29) is 5.91 Å². The molecule has 0 spiro atoms. The maximum absolute atomic E-state index is 12.7. The molecule has 2 aliphatic rings. The van der Waals surface area contributed by atoms with Gasteiger partial charge in [0.2, 0.25) is 0 Å². The largest absolute Gasteiger partial charge is 0.398 e. The second kappa shape index (κ2) is 19.7. The van der Waals surface area contributed by atoms with E-state index < -0.39 is 0 Å². The van der Waals surface area contributed by atoms with Gasteiger partial charge in [-0.2, -0.15) is 0 Å². The number of carbonyl (C=O) groups is 1. The van der Waals surface area contributed by atoms with Gasteiger partial charge in [-0.3, -0.25) is 9.69 Å². The second-order valence-electron chi connectivity index (χ2n) is 11.0. The van der Waals surface area contributed by atoms with Crippen molar-refractivity contribution in [3.8, 4) is 12.8 Å². The average molecular weight is 572 g/mol. The summed E-state index contributed by atoms with van der Waals surface area (Å²) in [5, 5.41) is 3.08. The molecule has 1 amide bonds. The smallest absolute Gasteiger partial charge is 0.251 e. The molecule has 5 heteroatoms. The number of morpholine rings is 1. The summed E-state index contributed by atoms with van der Waals surface area (Å²) < 4.78 is 5.40. The number of nitrogen functional groups attached to an aromatic ring is 1. The lowest BCUT2D eigenvalue weighted by molar-refractivity contribution is 0.0374. The molecule has 1 saturated heterocycles. The number of benzene rings is 2. The van der Waals surface area contributed by atoms with Crippen molar-refractivity contribution in [2.75, 3.05) is 45.1 Å². The number of ether oxygens (including phenoxy) is 1. The van der Waals surface area contributed by atoms with Gasteiger partial charge < -0.3 is 15.8 Å². The van der Waals surface area contributed by atoms with E-state index in [4.69, 9.17) is 10.5 Å². The van der Waals surface area contributed by atoms with Crippen molar-refractivity contribution in [3.05, 3.63) is 75.9 Å². The molecule has 4 rings (SSSR count). The van der Waals surface area contributed by atoms with E-state index in [1.165, 1.54) is 47.1 Å². The van der Waals surface area contributed by atoms with Gasteiger partial charge in [-0.15, -0.1) is 12.8 Å². The number of nitrogens with one attached hydrogen (secondary N) is 1. The fraction of sp³-hybridized carbons (Fsp3) is 0.486. The van der Waals surface area contributed by atoms with Gasteiger partial charge in [-0.1, -0.05) is 63.1 Å². The molecule has 3 N–H and O–H groups in total. The van der Waals surface area contributed by atoms with Gasteiger partial charge in [0, 0.05) is 36.4 Å². The van der Waals surface area contributed by atoms with E-state index >= 15 is 0 Å². The van der Waals surface area contributed by atoms with Gasteiger partial charge >= 0.3 is 0 Å². The number of aryl methyl sites for hydroxylation is 1. The lowest BCUT2D eigenvalue weighted by Gasteiger charge is -2.26. The van der Waals surface area contributed by atoms with Crippen molar-refractivity contribution in [1.82, 2.24) is 10.2 Å². The number of nitrogens with two attached hydrogens (primary N) is 1. The van der Waals surface area contributed by atoms with Crippen molar-refractivity contribution in [2.24, 2.45) is 0 Å². The first-order valence-corrected chi connectivity index (χ1v) is 15.8. The van der Waals surface area contributed by atoms with Crippen LogP contribution in [0.1, 0.15) is 98.3 Å². The van der Waals surface area contributed by atoms with Crippen molar-refractivity contribution < 1.29 is 9.53 Å². The zero-order valence-corrected chi connectivity index (χ0v) is 26.5. The van der Waals surface area contributed by atoms with Crippen LogP contribution < -0.4 is 11.1 Å². The third-order valence-electron chi connectivity index (χ3n) is 7.57. The Labute approximate surface area is 255 Å². The number of hydrogen-bond acceptors (Lipinski definition) is 4. The molecule has 5 nitrogen and oxygen atoms in total. The van der Waals surface area contributed by atoms with Crippen LogP contribution in [-0.2, 0) is 11.2 Å². The van der Waals surface area contributed by atoms with Gasteiger partial charge in [0.1, 0.15) is 0 Å². The van der Waals surface area contributed by atoms with E-state index in [1.54, 1.807) is 0 Å². The van der Waals surface area contributed by atoms with Crippen LogP contribution in [0.3, 0.4) is 0 Å². The van der Waals surface area contributed by atoms with Crippen LogP contribution in [0.5, 0.6) is 0 Å². The van der Waals surface area contributed by atoms with Crippen LogP contribution >= 0.6 is 0 Å². The van der Waals surface area contributed by atoms with Crippen LogP contribution in [0.25, 0.3) is 11.6 Å². The summed E-state index contributed by atoms with van der Waals surface area (Å²) in [6.07, 6.45) is 21.2. The maximum Gasteiger partial charge on any atom is 0.251 e. The van der Waals surface area contributed by atoms with Crippen LogP contribution in [0, 0.1) is 19.8 Å². The quantitative estimate of drug-likeness (QED) is 0.174. The van der Waals surface area contributed by atoms with Crippen LogP contribution in [0.2, 0.25) is 0 Å². The Morgan fingerprint density at radius 3 is 2.36 bits per heavy atom. The standard InChI is InChI=1S/C32H43N3O2.C3H8.C2H2/c1-3-4-9-29-30(33)16-11-24(2)31(29)28-10-6-5-8-27(28)23-25-12-14-26(15-13-25)32(36)34-17-7-18-35-19-21-37-22-20-35;1-3-2;1-2/h4,9,11-16H,3,5-8,10,17-23,33H2,1-2H3,(H,34,36);3H2,1-2H3;1-2H/b9-4+;;. The first-order chi connectivity index (χ1) is 20.5. The average Bonchev–Trinajstić information content (AvgIpc) is 3.02. The SMILES string of the molecule is C#C.CC/C=C/c1c(N)ccc(C)c1C1=C(Cc2ccc(C(=O)NCCCN3CCOCC3)cc2)CCCC1.CCC. The predicted molar refractivity (Wildman–Crippen MR) is 181 cm³/mol. The van der Waals surface area contributed by atoms with E-state index in [0.717, 1.165) is 81.8 Å². The maximum atomic E-state index is 12.7. The Bertz CT molecular complexity index is 1170. The minimum Gasteiger partial charge on any atom is -0.398 e. The van der Waals surface area contributed by atoms with Crippen molar-refractivity contribution >= 4 is 23.2 Å². The van der Waals surface area contributed by atoms with E-state index in [2.05, 4.69) is 81.1 Å². The Hall–Kier alpha value is -3.33. The molecular formula is C37H53N3O2. The highest BCUT2D eigenvalue weighted by Crippen LogP contribution is 2.39. The van der Waals surface area contributed by atoms with E-state index in [1.807, 2.05) is 18.2 Å². The van der Waals surface area contributed by atoms with Gasteiger partial charge in [0.25, 0.3) is 5.91 Å². The van der Waals surface area contributed by atoms with Crippen LogP contribution in [0.15, 0.2) is 48.0 Å². The number of terminal acetylenes is 1. The van der Waals surface area contributed by atoms with Crippen LogP contribution in [0.4, 0.5) is 5.69 Å². The number of nitrogens with zero attached hydrogens (tertiary/aromatic N) is 1. The Kier molecular flexibility index (Phi) is 16.4. The van der Waals surface area contributed by atoms with Gasteiger partial charge in [-0.25, -0.2) is 0 Å². The molecular weight excluding hydrogens is 518 g/mol. The second-order valence-corrected chi connectivity index (χ2v) is 11.0. The number of allylic oxidation sites excluding steroid dienone is 3. The Morgan fingerprint density at radius 2 is 1.69 bits per heavy atom. The molecule has 0 unspecified atom stereocenters. The third-order valence-corrected chi connectivity index (χ3v) is 7.57. The third kappa shape index (κ3) is 10.8. The van der Waals surface area contributed by atoms with Crippen molar-refractivity contribution in [1.29, 1.82) is 0 Å². The molecule has 1 aliphatic heterocycles. The minimum atomic E-state index is 0.00818. The first kappa shape index (κ1) is 34.9. The number of rotatable bonds is 10. The molecule has 228 valence electrons. The zero-order valence-electron chi connectivity index (χ0n) is 26.5. The van der Waals surface area contributed by atoms with Gasteiger partial charge in [-0.05, 0) is 98.9 Å². The number of amides is 1. The van der Waals surface area contributed by atoms with Crippen molar-refractivity contribution in [3.63, 3.8) is 0 Å². The molecule has 0 radical (unpaired) electrons. The Balaban J connectivity index is 0.00000116. The highest BCUT2D eigenvalue weighted by Gasteiger charge is 2.20. The number of hydrogen-bond donors (Lipinski definition) is 2. The zero-order chi connectivity index (χ0) is 30.7. The molecule has 0 saturated carbocycles. The summed E-state index contributed by atoms with van der Waals surface area (Å²) in [4.78, 5) is 15.1. The topological polar surface area (TPSA) is 67.6 Å². The lowest BCUT2D eigenvalue weighted by Crippen LogP contribution is -2.38. The fourth-order valence-electron chi connectivity index (χ4n) is 5.48. The number of anilines is 1. The fourth-order valence-corrected chi connectivity index (χ4v) is 5.48. The molecule has 1 aliphatic carbocycles. The Morgan fingerprint density at radius 1 is 1.02 bits per heavy atom. The normalized spacial score (nSPS) is 15.4. The molecule has 2 aromatic carbocycles. The summed E-state index contributed by atoms with van der Waals surface area (Å²) in [7, 11) is 0. The van der Waals surface area contributed by atoms with Crippen molar-refractivity contribution in [2.45, 2.75) is 79.1 Å². The van der Waals surface area contributed by atoms with Gasteiger partial charge in [0.05, 0.1) is 13.2 Å². The summed E-state index contributed by atoms with van der Waals surface area (Å²) >= 11 is 0. The summed E-state index contributed by atoms with van der Waals surface area (Å²) in [5.74, 6) is 0.00818. The molecule has 0 bridgehead atoms. The monoisotopic (exact) mass is 571 g/mol. The summed E-state index contributed by atoms with van der Waals surface area (Å²) in [6, 6.07) is 12.4. The summed E-state index contributed by atoms with van der Waals surface area (Å²) in [5.41, 5.74) is 16.0. The molecule has 2 aromatic rings. The van der Waals surface area contributed by atoms with E-state index in [9.17, 15) is 4.79 Å². The molecule has 1 fully saturated rings. The molecule has 0 aromatic heterocycles. The summed E-state index contributed by atoms with van der Waals surface area (Å²) in [6.45, 7) is 13.9. The highest BCUT2D eigenvalue weighted by molar-refractivity contribution is 5.94.